The molecule has 0 fully saturated rings. The SMILES string of the molecule is CCCc1cc(OC)c([Si](C)(C)C)cc1O[Si](C)(C)C(C)(C)C.[C-]#[O+].[C-]#[O+].[C-]#[O+].[Cr]. The molecular formula is C22H36CrO5Si2. The molecule has 0 bridgehead atoms. The molecule has 0 saturated heterocycles. The van der Waals surface area contributed by atoms with E-state index < -0.39 is 16.4 Å². The Morgan fingerprint density at radius 1 is 0.867 bits per heavy atom. The normalized spacial score (nSPS) is 10.3. The van der Waals surface area contributed by atoms with Gasteiger partial charge in [-0.1, -0.05) is 53.8 Å². The van der Waals surface area contributed by atoms with E-state index in [1.807, 2.05) is 0 Å². The van der Waals surface area contributed by atoms with Gasteiger partial charge in [0.1, 0.15) is 11.5 Å². The Morgan fingerprint density at radius 3 is 1.60 bits per heavy atom. The van der Waals surface area contributed by atoms with E-state index >= 15 is 0 Å². The summed E-state index contributed by atoms with van der Waals surface area (Å²) >= 11 is 0. The monoisotopic (exact) mass is 488 g/mol. The van der Waals surface area contributed by atoms with Gasteiger partial charge in [0.2, 0.25) is 8.32 Å². The van der Waals surface area contributed by atoms with Gasteiger partial charge in [-0.05, 0) is 47.4 Å². The second-order valence-electron chi connectivity index (χ2n) is 9.02. The molecule has 0 radical (unpaired) electrons. The smallest absolute Gasteiger partial charge is 0 e. The summed E-state index contributed by atoms with van der Waals surface area (Å²) in [6.07, 6.45) is 2.15. The van der Waals surface area contributed by atoms with Crippen molar-refractivity contribution in [2.45, 2.75) is 78.3 Å². The Bertz CT molecular complexity index is 655. The third-order valence-electron chi connectivity index (χ3n) is 4.88. The fourth-order valence-electron chi connectivity index (χ4n) is 2.34. The Kier molecular flexibility index (Phi) is 20.2. The molecule has 0 unspecified atom stereocenters. The van der Waals surface area contributed by atoms with Crippen molar-refractivity contribution in [2.24, 2.45) is 0 Å². The molecule has 0 atom stereocenters. The van der Waals surface area contributed by atoms with E-state index in [0.717, 1.165) is 24.3 Å². The van der Waals surface area contributed by atoms with Crippen LogP contribution in [0.3, 0.4) is 0 Å². The van der Waals surface area contributed by atoms with Crippen molar-refractivity contribution in [1.29, 1.82) is 0 Å². The van der Waals surface area contributed by atoms with Gasteiger partial charge in [0.15, 0.2) is 0 Å². The predicted molar refractivity (Wildman–Crippen MR) is 120 cm³/mol. The summed E-state index contributed by atoms with van der Waals surface area (Å²) < 4.78 is 34.9. The summed E-state index contributed by atoms with van der Waals surface area (Å²) in [6, 6.07) is 4.51. The molecule has 1 aromatic carbocycles. The van der Waals surface area contributed by atoms with Gasteiger partial charge in [0.05, 0.1) is 15.2 Å². The van der Waals surface area contributed by atoms with Gasteiger partial charge >= 0.3 is 33.9 Å². The first-order chi connectivity index (χ1) is 13.3. The molecule has 0 aliphatic carbocycles. The maximum Gasteiger partial charge on any atom is 0 e. The van der Waals surface area contributed by atoms with Crippen LogP contribution in [0.4, 0.5) is 0 Å². The largest absolute Gasteiger partial charge is 0 e. The van der Waals surface area contributed by atoms with Crippen molar-refractivity contribution in [3.8, 4) is 11.5 Å². The zero-order valence-electron chi connectivity index (χ0n) is 20.0. The first kappa shape index (κ1) is 36.4. The van der Waals surface area contributed by atoms with Crippen LogP contribution in [-0.2, 0) is 37.7 Å². The van der Waals surface area contributed by atoms with E-state index in [9.17, 15) is 0 Å². The molecule has 8 heteroatoms. The second kappa shape index (κ2) is 16.7. The van der Waals surface area contributed by atoms with Crippen molar-refractivity contribution >= 4 is 21.6 Å². The van der Waals surface area contributed by atoms with E-state index in [1.54, 1.807) is 7.11 Å². The topological polar surface area (TPSA) is 78.2 Å². The number of hydrogen-bond acceptors (Lipinski definition) is 2. The quantitative estimate of drug-likeness (QED) is 0.303. The third kappa shape index (κ3) is 11.4. The molecule has 30 heavy (non-hydrogen) atoms. The van der Waals surface area contributed by atoms with Gasteiger partial charge < -0.3 is 9.16 Å². The molecule has 0 aliphatic rings. The number of methoxy groups -OCH3 is 1. The number of rotatable bonds is 6. The van der Waals surface area contributed by atoms with E-state index in [-0.39, 0.29) is 22.4 Å². The van der Waals surface area contributed by atoms with E-state index in [0.29, 0.717) is 0 Å². The van der Waals surface area contributed by atoms with Crippen LogP contribution in [0.5, 0.6) is 11.5 Å². The maximum atomic E-state index is 7.50. The number of ether oxygens (including phenoxy) is 1. The van der Waals surface area contributed by atoms with Crippen molar-refractivity contribution in [1.82, 2.24) is 0 Å². The van der Waals surface area contributed by atoms with Gasteiger partial charge in [-0.15, -0.1) is 0 Å². The summed E-state index contributed by atoms with van der Waals surface area (Å²) in [5.41, 5.74) is 1.29. The van der Waals surface area contributed by atoms with Crippen molar-refractivity contribution in [2.75, 3.05) is 7.11 Å². The van der Waals surface area contributed by atoms with Gasteiger partial charge in [-0.3, -0.25) is 0 Å². The summed E-state index contributed by atoms with van der Waals surface area (Å²) in [5.74, 6) is 2.13. The fraction of sp³-hybridized carbons (Fsp3) is 0.591. The molecule has 1 rings (SSSR count). The van der Waals surface area contributed by atoms with Crippen LogP contribution in [0.15, 0.2) is 12.1 Å². The average molecular weight is 489 g/mol. The van der Waals surface area contributed by atoms with Crippen LogP contribution in [-0.4, -0.2) is 23.5 Å². The second-order valence-corrected chi connectivity index (χ2v) is 18.8. The first-order valence-corrected chi connectivity index (χ1v) is 15.8. The third-order valence-corrected chi connectivity index (χ3v) is 11.2. The molecule has 0 aliphatic heterocycles. The molecule has 0 amide bonds. The predicted octanol–water partition coefficient (Wildman–Crippen LogP) is 5.46. The molecule has 0 heterocycles. The Balaban J connectivity index is -0.000000441. The van der Waals surface area contributed by atoms with Crippen molar-refractivity contribution in [3.63, 3.8) is 0 Å². The van der Waals surface area contributed by atoms with Gasteiger partial charge in [-0.2, -0.15) is 0 Å². The minimum atomic E-state index is -1.84. The van der Waals surface area contributed by atoms with E-state index in [2.05, 4.69) is 92.5 Å². The zero-order valence-corrected chi connectivity index (χ0v) is 23.3. The number of hydrogen-bond donors (Lipinski definition) is 0. The summed E-state index contributed by atoms with van der Waals surface area (Å²) in [5, 5.41) is 1.56. The molecule has 5 nitrogen and oxygen atoms in total. The van der Waals surface area contributed by atoms with Gasteiger partial charge in [0.25, 0.3) is 0 Å². The number of benzene rings is 1. The van der Waals surface area contributed by atoms with Crippen LogP contribution in [0.1, 0.15) is 39.7 Å². The van der Waals surface area contributed by atoms with Crippen LogP contribution < -0.4 is 14.3 Å². The molecule has 1 aromatic rings. The summed E-state index contributed by atoms with van der Waals surface area (Å²) in [7, 11) is -1.55. The van der Waals surface area contributed by atoms with Gasteiger partial charge in [-0.25, -0.2) is 0 Å². The minimum absolute atomic E-state index is 0. The summed E-state index contributed by atoms with van der Waals surface area (Å²) in [6.45, 7) is 34.3. The summed E-state index contributed by atoms with van der Waals surface area (Å²) in [4.78, 5) is 0. The molecule has 0 N–H and O–H groups in total. The average Bonchev–Trinajstić information content (AvgIpc) is 2.66. The van der Waals surface area contributed by atoms with E-state index in [4.69, 9.17) is 23.1 Å². The Morgan fingerprint density at radius 2 is 1.30 bits per heavy atom. The standard InChI is InChI=1S/C19H36O2Si2.3CO.Cr/c1-11-12-15-13-17(20-5)18(22(6,7)8)14-16(15)21-23(9,10)19(2,3)4;3*1-2;/h13-14H,11-12H2,1-10H3;;;;. The molecular weight excluding hydrogens is 452 g/mol. The molecule has 0 aromatic heterocycles. The Hall–Kier alpha value is -0.994. The van der Waals surface area contributed by atoms with Crippen LogP contribution in [0, 0.1) is 20.0 Å². The maximum absolute atomic E-state index is 7.50. The first-order valence-electron chi connectivity index (χ1n) is 9.35. The van der Waals surface area contributed by atoms with Crippen molar-refractivity contribution in [3.05, 3.63) is 37.6 Å². The van der Waals surface area contributed by atoms with Gasteiger partial charge in [0, 0.05) is 17.4 Å². The molecule has 168 valence electrons. The molecule has 0 spiro atoms. The Labute approximate surface area is 196 Å². The van der Waals surface area contributed by atoms with Crippen molar-refractivity contribution < 1.29 is 40.5 Å². The van der Waals surface area contributed by atoms with Crippen LogP contribution in [0.2, 0.25) is 37.8 Å². The van der Waals surface area contributed by atoms with E-state index in [1.165, 1.54) is 10.8 Å². The fourth-order valence-corrected chi connectivity index (χ4v) is 4.87. The minimum Gasteiger partial charge on any atom is 0 e. The number of aryl methyl sites for hydroxylation is 1. The van der Waals surface area contributed by atoms with Crippen LogP contribution >= 0.6 is 0 Å². The molecule has 0 saturated carbocycles. The van der Waals surface area contributed by atoms with Crippen LogP contribution in [0.25, 0.3) is 0 Å². The zero-order chi connectivity index (χ0) is 24.1.